The lowest BCUT2D eigenvalue weighted by Crippen LogP contribution is -2.37. The molecule has 0 radical (unpaired) electrons. The zero-order valence-electron chi connectivity index (χ0n) is 23.2. The smallest absolute Gasteiger partial charge is 0.349 e. The third-order valence-electron chi connectivity index (χ3n) is 7.86. The number of hydrogen-bond donors (Lipinski definition) is 2. The Bertz CT molecular complexity index is 1430. The molecule has 2 aliphatic rings. The highest BCUT2D eigenvalue weighted by molar-refractivity contribution is 5.92. The van der Waals surface area contributed by atoms with Gasteiger partial charge in [-0.1, -0.05) is 0 Å². The third-order valence-corrected chi connectivity index (χ3v) is 7.86. The van der Waals surface area contributed by atoms with E-state index in [4.69, 9.17) is 0 Å². The quantitative estimate of drug-likeness (QED) is 0.281. The lowest BCUT2D eigenvalue weighted by atomic mass is 9.81. The number of halogens is 6. The Hall–Kier alpha value is -3.72. The Labute approximate surface area is 242 Å². The molecule has 2 amide bonds. The van der Waals surface area contributed by atoms with Crippen LogP contribution in [-0.2, 0) is 11.3 Å². The van der Waals surface area contributed by atoms with Crippen molar-refractivity contribution in [1.29, 1.82) is 0 Å². The fourth-order valence-corrected chi connectivity index (χ4v) is 5.39. The van der Waals surface area contributed by atoms with E-state index < -0.39 is 55.5 Å². The molecule has 3 heterocycles. The molecule has 0 aliphatic heterocycles. The summed E-state index contributed by atoms with van der Waals surface area (Å²) >= 11 is 0. The molecule has 5 rings (SSSR count). The maximum atomic E-state index is 14.0. The Kier molecular flexibility index (Phi) is 8.92. The van der Waals surface area contributed by atoms with Crippen LogP contribution in [0.25, 0.3) is 5.65 Å². The van der Waals surface area contributed by atoms with Crippen LogP contribution >= 0.6 is 0 Å². The number of imidazole rings is 1. The molecule has 43 heavy (non-hydrogen) atoms. The molecule has 2 aliphatic carbocycles. The first-order chi connectivity index (χ1) is 20.4. The maximum Gasteiger partial charge on any atom is 0.389 e. The van der Waals surface area contributed by atoms with E-state index in [0.29, 0.717) is 16.9 Å². The summed E-state index contributed by atoms with van der Waals surface area (Å²) in [4.78, 5) is 31.3. The predicted octanol–water partition coefficient (Wildman–Crippen LogP) is 4.89. The van der Waals surface area contributed by atoms with Crippen molar-refractivity contribution < 1.29 is 35.9 Å². The monoisotopic (exact) mass is 614 g/mol. The zero-order valence-corrected chi connectivity index (χ0v) is 23.2. The summed E-state index contributed by atoms with van der Waals surface area (Å²) in [5, 5.41) is 18.0. The molecule has 2 saturated carbocycles. The first kappa shape index (κ1) is 30.7. The fourth-order valence-electron chi connectivity index (χ4n) is 5.39. The van der Waals surface area contributed by atoms with Crippen LogP contribution in [0.5, 0.6) is 0 Å². The molecule has 3 aromatic rings. The molecule has 2 N–H and O–H groups in total. The number of aromatic nitrogens is 6. The minimum absolute atomic E-state index is 0.0114. The summed E-state index contributed by atoms with van der Waals surface area (Å²) in [6.45, 7) is -0.372. The van der Waals surface area contributed by atoms with Gasteiger partial charge in [0, 0.05) is 19.3 Å². The molecule has 234 valence electrons. The van der Waals surface area contributed by atoms with Crippen LogP contribution in [0.15, 0.2) is 24.7 Å². The molecule has 2 atom stereocenters. The van der Waals surface area contributed by atoms with E-state index in [1.165, 1.54) is 21.7 Å². The number of nitrogens with zero attached hydrogens (tertiary/aromatic N) is 6. The predicted molar refractivity (Wildman–Crippen MR) is 140 cm³/mol. The van der Waals surface area contributed by atoms with Gasteiger partial charge in [-0.25, -0.2) is 18.3 Å². The highest BCUT2D eigenvalue weighted by atomic mass is 19.4. The first-order valence-corrected chi connectivity index (χ1v) is 14.3. The van der Waals surface area contributed by atoms with Crippen LogP contribution in [0.4, 0.5) is 26.3 Å². The number of amides is 2. The van der Waals surface area contributed by atoms with Gasteiger partial charge in [-0.3, -0.25) is 14.0 Å². The molecule has 2 fully saturated rings. The summed E-state index contributed by atoms with van der Waals surface area (Å²) in [6.07, 6.45) is -0.601. The summed E-state index contributed by atoms with van der Waals surface area (Å²) in [5.41, 5.74) is 1.31. The molecular formula is C27H32F6N8O2. The maximum absolute atomic E-state index is 14.0. The number of hydrogen-bond acceptors (Lipinski definition) is 6. The van der Waals surface area contributed by atoms with E-state index >= 15 is 0 Å². The van der Waals surface area contributed by atoms with Crippen LogP contribution in [0.3, 0.4) is 0 Å². The summed E-state index contributed by atoms with van der Waals surface area (Å²) in [5.74, 6) is -4.39. The van der Waals surface area contributed by atoms with E-state index in [0.717, 1.165) is 12.8 Å². The second-order valence-electron chi connectivity index (χ2n) is 11.3. The molecule has 10 nitrogen and oxygen atoms in total. The molecule has 0 unspecified atom stereocenters. The van der Waals surface area contributed by atoms with Crippen molar-refractivity contribution in [3.63, 3.8) is 0 Å². The Balaban J connectivity index is 1.37. The number of nitrogens with one attached hydrogen (secondary N) is 2. The average molecular weight is 615 g/mol. The molecule has 0 spiro atoms. The van der Waals surface area contributed by atoms with Gasteiger partial charge in [-0.2, -0.15) is 28.2 Å². The van der Waals surface area contributed by atoms with E-state index in [2.05, 4.69) is 30.9 Å². The van der Waals surface area contributed by atoms with Gasteiger partial charge < -0.3 is 10.6 Å². The standard InChI is InChI=1S/C27H32F6N8O2/c28-10-1-11-41-35-14-19(39-41)25(43)38-24(17-4-7-26(29,30)8-5-17)20-15-40-21(36-20)12-18(13-34-40)23(16-2-3-16)37-22(42)6-9-27(31,32)33/h12-17,23-24H,1-11H2,(H,37,42)(H,38,43)/t23-,24+/m1/s1. The van der Waals surface area contributed by atoms with Gasteiger partial charge in [0.05, 0.1) is 56.0 Å². The minimum Gasteiger partial charge on any atom is -0.349 e. The van der Waals surface area contributed by atoms with Crippen molar-refractivity contribution in [3.8, 4) is 0 Å². The second-order valence-corrected chi connectivity index (χ2v) is 11.3. The fraction of sp³-hybridized carbons (Fsp3) is 0.630. The van der Waals surface area contributed by atoms with Crippen molar-refractivity contribution in [1.82, 2.24) is 40.2 Å². The van der Waals surface area contributed by atoms with E-state index in [1.807, 2.05) is 0 Å². The lowest BCUT2D eigenvalue weighted by molar-refractivity contribution is -0.144. The summed E-state index contributed by atoms with van der Waals surface area (Å²) < 4.78 is 79.7. The third kappa shape index (κ3) is 8.02. The normalized spacial score (nSPS) is 18.8. The number of carbonyl (C=O) groups excluding carboxylic acids is 2. The summed E-state index contributed by atoms with van der Waals surface area (Å²) in [7, 11) is 0. The molecule has 16 heteroatoms. The van der Waals surface area contributed by atoms with Crippen molar-refractivity contribution in [2.24, 2.45) is 11.8 Å². The Morgan fingerprint density at radius 3 is 2.42 bits per heavy atom. The van der Waals surface area contributed by atoms with Crippen molar-refractivity contribution in [2.45, 2.75) is 88.5 Å². The Morgan fingerprint density at radius 2 is 1.74 bits per heavy atom. The minimum atomic E-state index is -4.44. The van der Waals surface area contributed by atoms with E-state index in [9.17, 15) is 35.9 Å². The highest BCUT2D eigenvalue weighted by Crippen LogP contribution is 2.43. The topological polar surface area (TPSA) is 119 Å². The molecule has 3 aromatic heterocycles. The van der Waals surface area contributed by atoms with Gasteiger partial charge in [-0.15, -0.1) is 5.10 Å². The largest absolute Gasteiger partial charge is 0.389 e. The van der Waals surface area contributed by atoms with Crippen LogP contribution in [-0.4, -0.2) is 60.2 Å². The second kappa shape index (κ2) is 12.5. The SMILES string of the molecule is O=C(CCC(F)(F)F)N[C@@H](c1cnn2cc([C@@H](NC(=O)c3cnn(CCCF)n3)C3CCC(F)(F)CC3)nc2c1)C1CC1. The molecular weight excluding hydrogens is 582 g/mol. The number of carbonyl (C=O) groups is 2. The van der Waals surface area contributed by atoms with E-state index in [1.54, 1.807) is 12.3 Å². The van der Waals surface area contributed by atoms with Crippen LogP contribution in [0.2, 0.25) is 0 Å². The molecule has 0 aromatic carbocycles. The summed E-state index contributed by atoms with van der Waals surface area (Å²) in [6, 6.07) is 0.383. The number of fused-ring (bicyclic) bond motifs is 1. The number of alkyl halides is 6. The molecule has 0 bridgehead atoms. The van der Waals surface area contributed by atoms with Crippen molar-refractivity contribution in [2.75, 3.05) is 6.67 Å². The van der Waals surface area contributed by atoms with Gasteiger partial charge in [0.25, 0.3) is 5.91 Å². The van der Waals surface area contributed by atoms with Crippen LogP contribution in [0.1, 0.15) is 91.6 Å². The van der Waals surface area contributed by atoms with Crippen molar-refractivity contribution in [3.05, 3.63) is 41.6 Å². The van der Waals surface area contributed by atoms with Gasteiger partial charge in [0.1, 0.15) is 0 Å². The van der Waals surface area contributed by atoms with Crippen molar-refractivity contribution >= 4 is 17.5 Å². The average Bonchev–Trinajstić information content (AvgIpc) is 3.52. The first-order valence-electron chi connectivity index (χ1n) is 14.3. The van der Waals surface area contributed by atoms with Gasteiger partial charge in [-0.05, 0) is 55.6 Å². The van der Waals surface area contributed by atoms with Gasteiger partial charge >= 0.3 is 6.18 Å². The van der Waals surface area contributed by atoms with Gasteiger partial charge in [0.15, 0.2) is 11.3 Å². The zero-order chi connectivity index (χ0) is 30.8. The van der Waals surface area contributed by atoms with Gasteiger partial charge in [0.2, 0.25) is 11.8 Å². The lowest BCUT2D eigenvalue weighted by Gasteiger charge is -2.33. The highest BCUT2D eigenvalue weighted by Gasteiger charge is 2.40. The van der Waals surface area contributed by atoms with E-state index in [-0.39, 0.29) is 56.2 Å². The number of aryl methyl sites for hydroxylation is 1. The van der Waals surface area contributed by atoms with Crippen LogP contribution < -0.4 is 10.6 Å². The Morgan fingerprint density at radius 1 is 1.02 bits per heavy atom. The number of rotatable bonds is 12. The van der Waals surface area contributed by atoms with Crippen LogP contribution in [0, 0.1) is 11.8 Å². The molecule has 0 saturated heterocycles.